The van der Waals surface area contributed by atoms with Gasteiger partial charge in [-0.2, -0.15) is 0 Å². The Kier molecular flexibility index (Phi) is 66.0. The Labute approximate surface area is 488 Å². The summed E-state index contributed by atoms with van der Waals surface area (Å²) in [5.74, 6) is -0.833. The van der Waals surface area contributed by atoms with Crippen molar-refractivity contribution in [1.82, 2.24) is 0 Å². The maximum atomic E-state index is 12.9. The lowest BCUT2D eigenvalue weighted by molar-refractivity contribution is -0.167. The minimum absolute atomic E-state index is 0.0648. The molecule has 0 spiro atoms. The summed E-state index contributed by atoms with van der Waals surface area (Å²) in [6.07, 6.45) is 81.0. The lowest BCUT2D eigenvalue weighted by atomic mass is 10.0. The summed E-state index contributed by atoms with van der Waals surface area (Å²) >= 11 is 0. The molecule has 0 aromatic carbocycles. The molecule has 0 aromatic heterocycles. The molecule has 0 amide bonds. The number of rotatable bonds is 67. The molecule has 0 aromatic rings. The topological polar surface area (TPSA) is 78.9 Å². The molecule has 0 radical (unpaired) electrons. The standard InChI is InChI=1S/C72H138O6/c1-4-7-10-13-16-19-22-25-28-30-32-33-34-35-36-37-38-39-40-42-44-47-50-53-56-59-62-65-71(74)77-68-69(67-76-70(73)64-61-58-55-52-49-46-43-27-24-21-18-15-12-9-6-3)78-72(75)66-63-60-57-54-51-48-45-41-31-29-26-23-20-17-14-11-8-5-2/h29,31,69H,4-28,30,32-68H2,1-3H3/b31-29-. The molecule has 6 heteroatoms. The van der Waals surface area contributed by atoms with Gasteiger partial charge < -0.3 is 14.2 Å². The predicted molar refractivity (Wildman–Crippen MR) is 340 cm³/mol. The molecule has 1 unspecified atom stereocenters. The third-order valence-electron chi connectivity index (χ3n) is 16.5. The molecule has 78 heavy (non-hydrogen) atoms. The summed E-state index contributed by atoms with van der Waals surface area (Å²) in [5, 5.41) is 0. The molecular weight excluding hydrogens is 961 g/mol. The fourth-order valence-electron chi connectivity index (χ4n) is 11.2. The zero-order valence-electron chi connectivity index (χ0n) is 53.2. The van der Waals surface area contributed by atoms with E-state index in [9.17, 15) is 14.4 Å². The van der Waals surface area contributed by atoms with E-state index in [2.05, 4.69) is 32.9 Å². The lowest BCUT2D eigenvalue weighted by Crippen LogP contribution is -2.30. The second-order valence-electron chi connectivity index (χ2n) is 24.5. The summed E-state index contributed by atoms with van der Waals surface area (Å²) in [4.78, 5) is 38.4. The summed E-state index contributed by atoms with van der Waals surface area (Å²) in [5.41, 5.74) is 0. The van der Waals surface area contributed by atoms with Crippen molar-refractivity contribution >= 4 is 17.9 Å². The number of carbonyl (C=O) groups is 3. The van der Waals surface area contributed by atoms with Gasteiger partial charge in [0.05, 0.1) is 0 Å². The quantitative estimate of drug-likeness (QED) is 0.0261. The number of ether oxygens (including phenoxy) is 3. The van der Waals surface area contributed by atoms with Gasteiger partial charge in [-0.15, -0.1) is 0 Å². The highest BCUT2D eigenvalue weighted by Gasteiger charge is 2.19. The average Bonchev–Trinajstić information content (AvgIpc) is 3.44. The van der Waals surface area contributed by atoms with E-state index in [4.69, 9.17) is 14.2 Å². The number of hydrogen-bond donors (Lipinski definition) is 0. The number of carbonyl (C=O) groups excluding carboxylic acids is 3. The Bertz CT molecular complexity index is 1210. The van der Waals surface area contributed by atoms with Gasteiger partial charge in [-0.25, -0.2) is 0 Å². The van der Waals surface area contributed by atoms with Gasteiger partial charge >= 0.3 is 17.9 Å². The van der Waals surface area contributed by atoms with E-state index in [0.717, 1.165) is 57.8 Å². The zero-order chi connectivity index (χ0) is 56.4. The van der Waals surface area contributed by atoms with Crippen molar-refractivity contribution in [3.8, 4) is 0 Å². The highest BCUT2D eigenvalue weighted by molar-refractivity contribution is 5.71. The highest BCUT2D eigenvalue weighted by atomic mass is 16.6. The van der Waals surface area contributed by atoms with Gasteiger partial charge in [0, 0.05) is 19.3 Å². The first-order valence-electron chi connectivity index (χ1n) is 35.7. The molecule has 0 saturated carbocycles. The van der Waals surface area contributed by atoms with Crippen LogP contribution in [0.3, 0.4) is 0 Å². The summed E-state index contributed by atoms with van der Waals surface area (Å²) in [6.45, 7) is 6.73. The Morgan fingerprint density at radius 2 is 0.423 bits per heavy atom. The Hall–Kier alpha value is -1.85. The molecule has 0 rings (SSSR count). The molecular formula is C72H138O6. The molecule has 0 N–H and O–H groups in total. The van der Waals surface area contributed by atoms with Crippen LogP contribution in [0.5, 0.6) is 0 Å². The fraction of sp³-hybridized carbons (Fsp3) is 0.931. The smallest absolute Gasteiger partial charge is 0.306 e. The van der Waals surface area contributed by atoms with Crippen LogP contribution in [0.15, 0.2) is 12.2 Å². The van der Waals surface area contributed by atoms with E-state index < -0.39 is 6.10 Å². The van der Waals surface area contributed by atoms with Crippen LogP contribution in [0.2, 0.25) is 0 Å². The maximum absolute atomic E-state index is 12.9. The van der Waals surface area contributed by atoms with Crippen LogP contribution in [0, 0.1) is 0 Å². The van der Waals surface area contributed by atoms with E-state index >= 15 is 0 Å². The van der Waals surface area contributed by atoms with Crippen LogP contribution in [-0.2, 0) is 28.6 Å². The average molecular weight is 1100 g/mol. The molecule has 0 aliphatic carbocycles. The Morgan fingerprint density at radius 1 is 0.244 bits per heavy atom. The zero-order valence-corrected chi connectivity index (χ0v) is 53.2. The van der Waals surface area contributed by atoms with E-state index in [1.807, 2.05) is 0 Å². The largest absolute Gasteiger partial charge is 0.462 e. The van der Waals surface area contributed by atoms with Crippen LogP contribution < -0.4 is 0 Å². The Morgan fingerprint density at radius 3 is 0.641 bits per heavy atom. The minimum Gasteiger partial charge on any atom is -0.462 e. The number of allylic oxidation sites excluding steroid dienone is 2. The van der Waals surface area contributed by atoms with E-state index in [-0.39, 0.29) is 31.1 Å². The monoisotopic (exact) mass is 1100 g/mol. The van der Waals surface area contributed by atoms with E-state index in [1.165, 1.54) is 315 Å². The van der Waals surface area contributed by atoms with Crippen LogP contribution in [-0.4, -0.2) is 37.2 Å². The van der Waals surface area contributed by atoms with Gasteiger partial charge in [0.25, 0.3) is 0 Å². The van der Waals surface area contributed by atoms with Crippen molar-refractivity contribution < 1.29 is 28.6 Å². The van der Waals surface area contributed by atoms with Crippen molar-refractivity contribution in [3.63, 3.8) is 0 Å². The van der Waals surface area contributed by atoms with E-state index in [1.54, 1.807) is 0 Å². The molecule has 6 nitrogen and oxygen atoms in total. The molecule has 0 fully saturated rings. The molecule has 0 aliphatic heterocycles. The SMILES string of the molecule is CCCCCCCCC/C=C\CCCCCCCCCC(=O)OC(COC(=O)CCCCCCCCCCCCCCCCC)COC(=O)CCCCCCCCCCCCCCCCCCCCCCCCCCCCC. The molecule has 462 valence electrons. The van der Waals surface area contributed by atoms with Gasteiger partial charge in [0.1, 0.15) is 13.2 Å². The predicted octanol–water partition coefficient (Wildman–Crippen LogP) is 24.4. The van der Waals surface area contributed by atoms with Crippen molar-refractivity contribution in [2.45, 2.75) is 419 Å². The molecule has 0 saturated heterocycles. The summed E-state index contributed by atoms with van der Waals surface area (Å²) in [7, 11) is 0. The van der Waals surface area contributed by atoms with E-state index in [0.29, 0.717) is 19.3 Å². The van der Waals surface area contributed by atoms with Gasteiger partial charge in [0.2, 0.25) is 0 Å². The lowest BCUT2D eigenvalue weighted by Gasteiger charge is -2.18. The highest BCUT2D eigenvalue weighted by Crippen LogP contribution is 2.19. The normalized spacial score (nSPS) is 12.0. The second-order valence-corrected chi connectivity index (χ2v) is 24.5. The number of hydrogen-bond acceptors (Lipinski definition) is 6. The van der Waals surface area contributed by atoms with Gasteiger partial charge in [0.15, 0.2) is 6.10 Å². The van der Waals surface area contributed by atoms with Crippen molar-refractivity contribution in [2.75, 3.05) is 13.2 Å². The molecule has 0 heterocycles. The van der Waals surface area contributed by atoms with Crippen LogP contribution in [0.1, 0.15) is 412 Å². The van der Waals surface area contributed by atoms with Gasteiger partial charge in [-0.1, -0.05) is 360 Å². The maximum Gasteiger partial charge on any atom is 0.306 e. The van der Waals surface area contributed by atoms with Gasteiger partial charge in [-0.05, 0) is 44.9 Å². The Balaban J connectivity index is 4.20. The van der Waals surface area contributed by atoms with Crippen LogP contribution in [0.25, 0.3) is 0 Å². The van der Waals surface area contributed by atoms with Crippen molar-refractivity contribution in [1.29, 1.82) is 0 Å². The molecule has 1 atom stereocenters. The summed E-state index contributed by atoms with van der Waals surface area (Å²) < 4.78 is 17.0. The van der Waals surface area contributed by atoms with Crippen molar-refractivity contribution in [3.05, 3.63) is 12.2 Å². The fourth-order valence-corrected chi connectivity index (χ4v) is 11.2. The first kappa shape index (κ1) is 76.1. The second kappa shape index (κ2) is 67.7. The first-order valence-corrected chi connectivity index (χ1v) is 35.7. The van der Waals surface area contributed by atoms with Crippen LogP contribution >= 0.6 is 0 Å². The summed E-state index contributed by atoms with van der Waals surface area (Å²) in [6, 6.07) is 0. The number of esters is 3. The number of unbranched alkanes of at least 4 members (excludes halogenated alkanes) is 54. The molecule has 0 bridgehead atoms. The first-order chi connectivity index (χ1) is 38.5. The van der Waals surface area contributed by atoms with Gasteiger partial charge in [-0.3, -0.25) is 14.4 Å². The third-order valence-corrected chi connectivity index (χ3v) is 16.5. The van der Waals surface area contributed by atoms with Crippen LogP contribution in [0.4, 0.5) is 0 Å². The molecule has 0 aliphatic rings. The minimum atomic E-state index is -0.769. The third kappa shape index (κ3) is 65.0. The van der Waals surface area contributed by atoms with Crippen molar-refractivity contribution in [2.24, 2.45) is 0 Å².